The Bertz CT molecular complexity index is 671. The van der Waals surface area contributed by atoms with E-state index in [4.69, 9.17) is 11.6 Å². The van der Waals surface area contributed by atoms with Gasteiger partial charge in [-0.05, 0) is 12.0 Å². The summed E-state index contributed by atoms with van der Waals surface area (Å²) in [7, 11) is 0. The maximum absolute atomic E-state index is 11.3. The summed E-state index contributed by atoms with van der Waals surface area (Å²) in [6.07, 6.45) is 4.94. The minimum atomic E-state index is -0.315. The Hall–Kier alpha value is -2.28. The van der Waals surface area contributed by atoms with E-state index >= 15 is 0 Å². The third kappa shape index (κ3) is 3.14. The third-order valence-electron chi connectivity index (χ3n) is 3.29. The lowest BCUT2D eigenvalue weighted by Crippen LogP contribution is -2.46. The number of hydrogen-bond acceptors (Lipinski definition) is 6. The summed E-state index contributed by atoms with van der Waals surface area (Å²) in [5.74, 6) is 1.82. The first kappa shape index (κ1) is 14.6. The number of carbonyl (C=O) groups is 1. The first-order valence-corrected chi connectivity index (χ1v) is 7.45. The van der Waals surface area contributed by atoms with E-state index in [1.54, 1.807) is 24.7 Å². The molecule has 0 saturated carbocycles. The Labute approximate surface area is 132 Å². The summed E-state index contributed by atoms with van der Waals surface area (Å²) in [5.41, 5.74) is 0.694. The van der Waals surface area contributed by atoms with E-state index in [1.165, 1.54) is 0 Å². The number of carbonyl (C=O) groups excluding carboxylic acids is 1. The number of nitrogens with one attached hydrogen (secondary N) is 1. The van der Waals surface area contributed by atoms with Crippen molar-refractivity contribution >= 4 is 29.3 Å². The second-order valence-corrected chi connectivity index (χ2v) is 5.50. The van der Waals surface area contributed by atoms with Gasteiger partial charge in [-0.2, -0.15) is 0 Å². The molecule has 1 saturated heterocycles. The molecule has 0 bridgehead atoms. The lowest BCUT2D eigenvalue weighted by molar-refractivity contribution is -0.113. The molecule has 114 valence electrons. The Morgan fingerprint density at radius 2 is 2.09 bits per heavy atom. The largest absolute Gasteiger partial charge is 0.340 e. The van der Waals surface area contributed by atoms with E-state index in [0.29, 0.717) is 29.1 Å². The van der Waals surface area contributed by atoms with Gasteiger partial charge in [0.15, 0.2) is 5.82 Å². The van der Waals surface area contributed by atoms with Crippen molar-refractivity contribution in [2.45, 2.75) is 6.92 Å². The van der Waals surface area contributed by atoms with Crippen molar-refractivity contribution in [2.24, 2.45) is 5.92 Å². The highest BCUT2D eigenvalue weighted by Crippen LogP contribution is 2.21. The van der Waals surface area contributed by atoms with Gasteiger partial charge in [-0.1, -0.05) is 6.92 Å². The summed E-state index contributed by atoms with van der Waals surface area (Å²) in [6.45, 7) is 4.16. The van der Waals surface area contributed by atoms with Crippen LogP contribution in [0.15, 0.2) is 24.7 Å². The molecule has 1 aliphatic rings. The molecule has 3 rings (SSSR count). The van der Waals surface area contributed by atoms with E-state index in [-0.39, 0.29) is 11.8 Å². The van der Waals surface area contributed by atoms with Gasteiger partial charge < -0.3 is 10.2 Å². The smallest absolute Gasteiger partial charge is 0.240 e. The van der Waals surface area contributed by atoms with Crippen LogP contribution in [0.3, 0.4) is 0 Å². The highest BCUT2D eigenvalue weighted by atomic mass is 35.5. The van der Waals surface area contributed by atoms with Gasteiger partial charge in [0.25, 0.3) is 0 Å². The molecule has 1 aliphatic heterocycles. The van der Waals surface area contributed by atoms with Crippen molar-refractivity contribution in [1.29, 1.82) is 0 Å². The zero-order valence-corrected chi connectivity index (χ0v) is 12.8. The average molecular weight is 319 g/mol. The molecule has 7 nitrogen and oxygen atoms in total. The van der Waals surface area contributed by atoms with E-state index in [0.717, 1.165) is 13.1 Å². The molecule has 2 aromatic rings. The molecule has 22 heavy (non-hydrogen) atoms. The standard InChI is InChI=1S/C14H15ClN6O/c1-9-7-21(8-9)14-17-5-10(6-18-14)13-16-3-2-11(20-13)19-12(22)4-15/h2-3,5-6,9H,4,7-8H2,1H3,(H,16,19,20,22). The van der Waals surface area contributed by atoms with Crippen LogP contribution >= 0.6 is 11.6 Å². The maximum atomic E-state index is 11.3. The van der Waals surface area contributed by atoms with Crippen molar-refractivity contribution in [2.75, 3.05) is 29.2 Å². The molecule has 3 heterocycles. The maximum Gasteiger partial charge on any atom is 0.240 e. The fraction of sp³-hybridized carbons (Fsp3) is 0.357. The van der Waals surface area contributed by atoms with Gasteiger partial charge in [-0.3, -0.25) is 4.79 Å². The minimum Gasteiger partial charge on any atom is -0.340 e. The molecule has 0 aliphatic carbocycles. The molecular weight excluding hydrogens is 304 g/mol. The SMILES string of the molecule is CC1CN(c2ncc(-c3nccc(NC(=O)CCl)n3)cn2)C1. The average Bonchev–Trinajstić information content (AvgIpc) is 2.52. The van der Waals surface area contributed by atoms with Crippen LogP contribution in [0.2, 0.25) is 0 Å². The summed E-state index contributed by atoms with van der Waals surface area (Å²) in [6, 6.07) is 1.60. The van der Waals surface area contributed by atoms with Crippen molar-refractivity contribution in [1.82, 2.24) is 19.9 Å². The second kappa shape index (κ2) is 6.23. The molecule has 0 atom stereocenters. The van der Waals surface area contributed by atoms with Gasteiger partial charge in [-0.25, -0.2) is 19.9 Å². The van der Waals surface area contributed by atoms with Gasteiger partial charge >= 0.3 is 0 Å². The van der Waals surface area contributed by atoms with E-state index in [2.05, 4.69) is 37.1 Å². The molecule has 8 heteroatoms. The van der Waals surface area contributed by atoms with Crippen LogP contribution in [-0.4, -0.2) is 44.8 Å². The molecule has 0 radical (unpaired) electrons. The first-order valence-electron chi connectivity index (χ1n) is 6.92. The van der Waals surface area contributed by atoms with Gasteiger partial charge in [0.2, 0.25) is 11.9 Å². The Balaban J connectivity index is 1.76. The van der Waals surface area contributed by atoms with Crippen LogP contribution in [0.4, 0.5) is 11.8 Å². The summed E-state index contributed by atoms with van der Waals surface area (Å²) >= 11 is 5.46. The molecule has 1 fully saturated rings. The van der Waals surface area contributed by atoms with Crippen LogP contribution in [0.1, 0.15) is 6.92 Å². The number of hydrogen-bond donors (Lipinski definition) is 1. The molecular formula is C14H15ClN6O. The second-order valence-electron chi connectivity index (χ2n) is 5.23. The Kier molecular flexibility index (Phi) is 4.15. The van der Waals surface area contributed by atoms with E-state index in [1.807, 2.05) is 0 Å². The third-order valence-corrected chi connectivity index (χ3v) is 3.53. The molecule has 0 spiro atoms. The van der Waals surface area contributed by atoms with Crippen LogP contribution in [0.5, 0.6) is 0 Å². The minimum absolute atomic E-state index is 0.120. The zero-order valence-electron chi connectivity index (χ0n) is 12.0. The van der Waals surface area contributed by atoms with Gasteiger partial charge in [-0.15, -0.1) is 11.6 Å². The number of amides is 1. The van der Waals surface area contributed by atoms with Gasteiger partial charge in [0.1, 0.15) is 11.7 Å². The molecule has 0 unspecified atom stereocenters. The zero-order chi connectivity index (χ0) is 15.5. The van der Waals surface area contributed by atoms with Crippen molar-refractivity contribution in [3.8, 4) is 11.4 Å². The summed E-state index contributed by atoms with van der Waals surface area (Å²) in [5, 5.41) is 2.58. The first-order chi connectivity index (χ1) is 10.7. The van der Waals surface area contributed by atoms with Crippen LogP contribution in [0.25, 0.3) is 11.4 Å². The monoisotopic (exact) mass is 318 g/mol. The van der Waals surface area contributed by atoms with Crippen LogP contribution in [0, 0.1) is 5.92 Å². The predicted molar refractivity (Wildman–Crippen MR) is 83.8 cm³/mol. The van der Waals surface area contributed by atoms with Crippen molar-refractivity contribution in [3.63, 3.8) is 0 Å². The summed E-state index contributed by atoms with van der Waals surface area (Å²) < 4.78 is 0. The fourth-order valence-corrected chi connectivity index (χ4v) is 2.27. The molecule has 1 amide bonds. The quantitative estimate of drug-likeness (QED) is 0.861. The number of aromatic nitrogens is 4. The van der Waals surface area contributed by atoms with Crippen LogP contribution < -0.4 is 10.2 Å². The molecule has 2 aromatic heterocycles. The number of nitrogens with zero attached hydrogens (tertiary/aromatic N) is 5. The number of alkyl halides is 1. The highest BCUT2D eigenvalue weighted by Gasteiger charge is 2.24. The topological polar surface area (TPSA) is 83.9 Å². The Morgan fingerprint density at radius 3 is 2.73 bits per heavy atom. The van der Waals surface area contributed by atoms with Crippen molar-refractivity contribution in [3.05, 3.63) is 24.7 Å². The number of rotatable bonds is 4. The van der Waals surface area contributed by atoms with Gasteiger partial charge in [0.05, 0.1) is 5.56 Å². The fourth-order valence-electron chi connectivity index (χ4n) is 2.21. The lowest BCUT2D eigenvalue weighted by atomic mass is 10.0. The normalized spacial score (nSPS) is 14.5. The Morgan fingerprint density at radius 1 is 1.36 bits per heavy atom. The van der Waals surface area contributed by atoms with Crippen LogP contribution in [-0.2, 0) is 4.79 Å². The predicted octanol–water partition coefficient (Wildman–Crippen LogP) is 1.57. The van der Waals surface area contributed by atoms with Gasteiger partial charge in [0, 0.05) is 31.7 Å². The summed E-state index contributed by atoms with van der Waals surface area (Å²) in [4.78, 5) is 30.5. The van der Waals surface area contributed by atoms with E-state index < -0.39 is 0 Å². The molecule has 1 N–H and O–H groups in total. The number of anilines is 2. The highest BCUT2D eigenvalue weighted by molar-refractivity contribution is 6.29. The lowest BCUT2D eigenvalue weighted by Gasteiger charge is -2.36. The number of halogens is 1. The van der Waals surface area contributed by atoms with E-state index in [9.17, 15) is 4.79 Å². The van der Waals surface area contributed by atoms with Crippen molar-refractivity contribution < 1.29 is 4.79 Å². The molecule has 0 aromatic carbocycles.